The summed E-state index contributed by atoms with van der Waals surface area (Å²) in [5.74, 6) is -1.57. The third-order valence-corrected chi connectivity index (χ3v) is 5.75. The van der Waals surface area contributed by atoms with E-state index in [0.717, 1.165) is 25.0 Å². The number of hydrogen-bond acceptors (Lipinski definition) is 5. The first-order chi connectivity index (χ1) is 11.9. The third kappa shape index (κ3) is 2.90. The average Bonchev–Trinajstić information content (AvgIpc) is 2.55. The summed E-state index contributed by atoms with van der Waals surface area (Å²) in [6, 6.07) is 3.94. The molecule has 2 aliphatic rings. The van der Waals surface area contributed by atoms with E-state index in [1.165, 1.54) is 6.07 Å². The highest BCUT2D eigenvalue weighted by Gasteiger charge is 2.68. The van der Waals surface area contributed by atoms with Gasteiger partial charge in [-0.3, -0.25) is 4.90 Å². The number of likely N-dealkylation sites (N-methyl/N-ethyl adjacent to an activating group) is 1. The van der Waals surface area contributed by atoms with E-state index < -0.39 is 11.8 Å². The zero-order valence-corrected chi connectivity index (χ0v) is 14.7. The van der Waals surface area contributed by atoms with Crippen LogP contribution in [0.15, 0.2) is 18.2 Å². The number of carbonyl (C=O) groups is 1. The number of piperidine rings is 1. The van der Waals surface area contributed by atoms with Crippen LogP contribution in [0.4, 0.5) is 4.39 Å². The summed E-state index contributed by atoms with van der Waals surface area (Å²) < 4.78 is 29.9. The van der Waals surface area contributed by atoms with Gasteiger partial charge >= 0.3 is 5.97 Å². The monoisotopic (exact) mass is 353 g/mol. The van der Waals surface area contributed by atoms with Crippen molar-refractivity contribution in [1.82, 2.24) is 4.90 Å². The number of fused-ring (bicyclic) bond motifs is 1. The lowest BCUT2D eigenvalue weighted by Gasteiger charge is -2.72. The molecule has 1 saturated carbocycles. The molecule has 4 unspecified atom stereocenters. The van der Waals surface area contributed by atoms with Gasteiger partial charge in [0.25, 0.3) is 0 Å². The summed E-state index contributed by atoms with van der Waals surface area (Å²) in [5, 5.41) is 9.22. The first kappa shape index (κ1) is 18.1. The lowest BCUT2D eigenvalue weighted by Crippen LogP contribution is -2.82. The summed E-state index contributed by atoms with van der Waals surface area (Å²) in [6.45, 7) is 2.74. The Bertz CT molecular complexity index is 654. The minimum Gasteiger partial charge on any atom is -0.491 e. The SMILES string of the molecule is CCC12CC(OCOC)C1N(C)C2COc1cc(F)ccc1C(=O)O. The second kappa shape index (κ2) is 6.90. The molecule has 4 atom stereocenters. The van der Waals surface area contributed by atoms with Gasteiger partial charge in [-0.2, -0.15) is 0 Å². The largest absolute Gasteiger partial charge is 0.491 e. The van der Waals surface area contributed by atoms with Crippen molar-refractivity contribution in [3.8, 4) is 5.75 Å². The lowest BCUT2D eigenvalue weighted by atomic mass is 9.49. The van der Waals surface area contributed by atoms with E-state index in [-0.39, 0.29) is 35.7 Å². The standard InChI is InChI=1S/C18H24FNO5/c1-4-18-8-14(25-10-23-3)16(18)20(2)15(18)9-24-13-7-11(19)5-6-12(13)17(21)22/h5-7,14-16H,4,8-10H2,1-3H3,(H,21,22). The van der Waals surface area contributed by atoms with Gasteiger partial charge in [0.05, 0.1) is 12.1 Å². The lowest BCUT2D eigenvalue weighted by molar-refractivity contribution is -0.287. The number of nitrogens with zero attached hydrogens (tertiary/aromatic N) is 1. The Morgan fingerprint density at radius 3 is 2.88 bits per heavy atom. The minimum absolute atomic E-state index is 0.0274. The maximum Gasteiger partial charge on any atom is 0.339 e. The Labute approximate surface area is 146 Å². The van der Waals surface area contributed by atoms with Gasteiger partial charge in [0.15, 0.2) is 0 Å². The number of carboxylic acid groups (broad SMARTS) is 1. The van der Waals surface area contributed by atoms with Gasteiger partial charge in [-0.15, -0.1) is 0 Å². The van der Waals surface area contributed by atoms with E-state index in [1.807, 2.05) is 7.05 Å². The molecular formula is C18H24FNO5. The fourth-order valence-corrected chi connectivity index (χ4v) is 4.47. The zero-order chi connectivity index (χ0) is 18.2. The molecule has 6 nitrogen and oxygen atoms in total. The molecule has 1 aromatic carbocycles. The third-order valence-electron chi connectivity index (χ3n) is 5.75. The van der Waals surface area contributed by atoms with Crippen LogP contribution in [-0.2, 0) is 9.47 Å². The van der Waals surface area contributed by atoms with E-state index in [1.54, 1.807) is 7.11 Å². The van der Waals surface area contributed by atoms with Crippen molar-refractivity contribution in [2.24, 2.45) is 5.41 Å². The van der Waals surface area contributed by atoms with Crippen LogP contribution >= 0.6 is 0 Å². The molecule has 0 radical (unpaired) electrons. The normalized spacial score (nSPS) is 31.0. The minimum atomic E-state index is -1.13. The predicted molar refractivity (Wildman–Crippen MR) is 88.3 cm³/mol. The van der Waals surface area contributed by atoms with Crippen molar-refractivity contribution in [3.63, 3.8) is 0 Å². The van der Waals surface area contributed by atoms with Gasteiger partial charge < -0.3 is 19.3 Å². The maximum absolute atomic E-state index is 13.5. The van der Waals surface area contributed by atoms with Crippen molar-refractivity contribution in [2.45, 2.75) is 38.0 Å². The number of hydrogen-bond donors (Lipinski definition) is 1. The van der Waals surface area contributed by atoms with Crippen molar-refractivity contribution in [1.29, 1.82) is 0 Å². The number of benzene rings is 1. The van der Waals surface area contributed by atoms with Crippen LogP contribution in [0.25, 0.3) is 0 Å². The number of carboxylic acids is 1. The number of likely N-dealkylation sites (tertiary alicyclic amines) is 1. The van der Waals surface area contributed by atoms with E-state index in [4.69, 9.17) is 14.2 Å². The van der Waals surface area contributed by atoms with Crippen LogP contribution in [0.2, 0.25) is 0 Å². The van der Waals surface area contributed by atoms with E-state index in [0.29, 0.717) is 12.6 Å². The van der Waals surface area contributed by atoms with Gasteiger partial charge in [-0.1, -0.05) is 6.92 Å². The molecule has 1 N–H and O–H groups in total. The number of ether oxygens (including phenoxy) is 3. The molecule has 2 fully saturated rings. The van der Waals surface area contributed by atoms with Crippen LogP contribution in [-0.4, -0.2) is 61.7 Å². The number of methoxy groups -OCH3 is 1. The Hall–Kier alpha value is -1.70. The Morgan fingerprint density at radius 1 is 1.48 bits per heavy atom. The van der Waals surface area contributed by atoms with E-state index >= 15 is 0 Å². The highest BCUT2D eigenvalue weighted by atomic mass is 19.1. The first-order valence-corrected chi connectivity index (χ1v) is 8.42. The molecular weight excluding hydrogens is 329 g/mol. The highest BCUT2D eigenvalue weighted by molar-refractivity contribution is 5.90. The summed E-state index contributed by atoms with van der Waals surface area (Å²) in [4.78, 5) is 13.5. The van der Waals surface area contributed by atoms with Crippen molar-refractivity contribution >= 4 is 5.97 Å². The predicted octanol–water partition coefficient (Wildman–Crippen LogP) is 2.37. The Morgan fingerprint density at radius 2 is 2.24 bits per heavy atom. The van der Waals surface area contributed by atoms with Crippen LogP contribution in [0, 0.1) is 11.2 Å². The van der Waals surface area contributed by atoms with Crippen molar-refractivity contribution in [3.05, 3.63) is 29.6 Å². The van der Waals surface area contributed by atoms with E-state index in [9.17, 15) is 14.3 Å². The zero-order valence-electron chi connectivity index (χ0n) is 14.7. The Kier molecular flexibility index (Phi) is 4.99. The summed E-state index contributed by atoms with van der Waals surface area (Å²) in [7, 11) is 3.62. The fraction of sp³-hybridized carbons (Fsp3) is 0.611. The van der Waals surface area contributed by atoms with Gasteiger partial charge in [-0.25, -0.2) is 9.18 Å². The van der Waals surface area contributed by atoms with Gasteiger partial charge in [0.1, 0.15) is 30.5 Å². The molecule has 25 heavy (non-hydrogen) atoms. The second-order valence-electron chi connectivity index (χ2n) is 6.79. The molecule has 0 aromatic heterocycles. The molecule has 3 rings (SSSR count). The molecule has 0 spiro atoms. The van der Waals surface area contributed by atoms with Gasteiger partial charge in [0.2, 0.25) is 0 Å². The molecule has 1 saturated heterocycles. The fourth-order valence-electron chi connectivity index (χ4n) is 4.47. The second-order valence-corrected chi connectivity index (χ2v) is 6.79. The topological polar surface area (TPSA) is 68.2 Å². The van der Waals surface area contributed by atoms with E-state index in [2.05, 4.69) is 11.8 Å². The Balaban J connectivity index is 1.67. The summed E-state index contributed by atoms with van der Waals surface area (Å²) in [5.41, 5.74) is 0.0736. The molecule has 1 aliphatic carbocycles. The average molecular weight is 353 g/mol. The maximum atomic E-state index is 13.5. The molecule has 1 aromatic rings. The highest BCUT2D eigenvalue weighted by Crippen LogP contribution is 2.60. The summed E-state index contributed by atoms with van der Waals surface area (Å²) in [6.07, 6.45) is 2.05. The molecule has 7 heteroatoms. The van der Waals surface area contributed by atoms with Gasteiger partial charge in [0, 0.05) is 24.6 Å². The summed E-state index contributed by atoms with van der Waals surface area (Å²) >= 11 is 0. The smallest absolute Gasteiger partial charge is 0.339 e. The van der Waals surface area contributed by atoms with Crippen LogP contribution < -0.4 is 4.74 Å². The molecule has 0 bridgehead atoms. The quantitative estimate of drug-likeness (QED) is 0.724. The number of aromatic carboxylic acids is 1. The van der Waals surface area contributed by atoms with Crippen molar-refractivity contribution in [2.75, 3.05) is 27.6 Å². The number of halogens is 1. The van der Waals surface area contributed by atoms with Gasteiger partial charge in [-0.05, 0) is 32.0 Å². The van der Waals surface area contributed by atoms with Crippen molar-refractivity contribution < 1.29 is 28.5 Å². The molecule has 0 amide bonds. The van der Waals surface area contributed by atoms with Crippen LogP contribution in [0.1, 0.15) is 30.1 Å². The van der Waals surface area contributed by atoms with Crippen LogP contribution in [0.3, 0.4) is 0 Å². The molecule has 1 heterocycles. The first-order valence-electron chi connectivity index (χ1n) is 8.42. The molecule has 138 valence electrons. The van der Waals surface area contributed by atoms with Crippen LogP contribution in [0.5, 0.6) is 5.75 Å². The number of rotatable bonds is 8. The molecule has 1 aliphatic heterocycles.